The Hall–Kier alpha value is -2.71. The summed E-state index contributed by atoms with van der Waals surface area (Å²) in [7, 11) is 2.53. The molecule has 148 valence electrons. The van der Waals surface area contributed by atoms with Gasteiger partial charge in [-0.1, -0.05) is 0 Å². The number of benzene rings is 1. The van der Waals surface area contributed by atoms with Crippen LogP contribution < -0.4 is 5.32 Å². The molecule has 3 rings (SSSR count). The third-order valence-electron chi connectivity index (χ3n) is 4.87. The molecule has 2 heterocycles. The van der Waals surface area contributed by atoms with Gasteiger partial charge in [0.15, 0.2) is 0 Å². The van der Waals surface area contributed by atoms with E-state index in [0.29, 0.717) is 0 Å². The highest BCUT2D eigenvalue weighted by atomic mass is 32.1. The summed E-state index contributed by atoms with van der Waals surface area (Å²) in [6.07, 6.45) is 0.913. The number of esters is 2. The maximum absolute atomic E-state index is 12.7. The molecule has 0 spiro atoms. The number of anilines is 1. The Labute approximate surface area is 167 Å². The van der Waals surface area contributed by atoms with Crippen LogP contribution in [0, 0.1) is 0 Å². The van der Waals surface area contributed by atoms with E-state index in [0.717, 1.165) is 13.0 Å². The van der Waals surface area contributed by atoms with Crippen molar-refractivity contribution in [2.75, 3.05) is 32.6 Å². The number of carbonyl (C=O) groups excluding carboxylic acids is 3. The van der Waals surface area contributed by atoms with E-state index in [-0.39, 0.29) is 35.3 Å². The number of carbonyl (C=O) groups is 3. The first-order chi connectivity index (χ1) is 13.4. The Morgan fingerprint density at radius 2 is 1.93 bits per heavy atom. The molecule has 1 aliphatic rings. The van der Waals surface area contributed by atoms with E-state index >= 15 is 0 Å². The largest absolute Gasteiger partial charge is 0.465 e. The van der Waals surface area contributed by atoms with Gasteiger partial charge in [-0.3, -0.25) is 9.69 Å². The van der Waals surface area contributed by atoms with Gasteiger partial charge in [-0.2, -0.15) is 0 Å². The van der Waals surface area contributed by atoms with Crippen LogP contribution in [0.1, 0.15) is 44.1 Å². The van der Waals surface area contributed by atoms with E-state index in [9.17, 15) is 14.4 Å². The van der Waals surface area contributed by atoms with Gasteiger partial charge >= 0.3 is 11.9 Å². The molecule has 28 heavy (non-hydrogen) atoms. The van der Waals surface area contributed by atoms with Gasteiger partial charge in [0.1, 0.15) is 0 Å². The van der Waals surface area contributed by atoms with Crippen molar-refractivity contribution in [3.8, 4) is 0 Å². The van der Waals surface area contributed by atoms with Crippen LogP contribution in [0.25, 0.3) is 0 Å². The highest BCUT2D eigenvalue weighted by Gasteiger charge is 2.26. The van der Waals surface area contributed by atoms with E-state index in [2.05, 4.69) is 28.6 Å². The second-order valence-electron chi connectivity index (χ2n) is 6.49. The van der Waals surface area contributed by atoms with Crippen LogP contribution in [0.5, 0.6) is 0 Å². The van der Waals surface area contributed by atoms with Gasteiger partial charge in [0.2, 0.25) is 5.91 Å². The lowest BCUT2D eigenvalue weighted by Crippen LogP contribution is -2.39. The third-order valence-corrected chi connectivity index (χ3v) is 5.87. The number of hydrogen-bond acceptors (Lipinski definition) is 7. The van der Waals surface area contributed by atoms with Gasteiger partial charge in [-0.05, 0) is 48.6 Å². The molecule has 1 atom stereocenters. The van der Waals surface area contributed by atoms with Crippen molar-refractivity contribution >= 4 is 34.9 Å². The molecule has 1 N–H and O–H groups in total. The van der Waals surface area contributed by atoms with E-state index in [4.69, 9.17) is 9.47 Å². The zero-order valence-electron chi connectivity index (χ0n) is 16.0. The van der Waals surface area contributed by atoms with E-state index in [1.165, 1.54) is 42.9 Å². The molecule has 8 heteroatoms. The zero-order chi connectivity index (χ0) is 20.3. The fourth-order valence-corrected chi connectivity index (χ4v) is 4.29. The number of amides is 1. The standard InChI is InChI=1S/C20H22N2O5S/c1-12-14-7-9-28-17(14)6-8-22(12)11-18(23)21-16-10-13(19(24)26-2)4-5-15(16)20(25)27-3/h4-5,7,9-10,12H,6,8,11H2,1-3H3,(H,21,23)/t12-/m1/s1. The molecule has 0 saturated carbocycles. The lowest BCUT2D eigenvalue weighted by molar-refractivity contribution is -0.117. The molecule has 1 aliphatic heterocycles. The number of nitrogens with one attached hydrogen (secondary N) is 1. The molecular formula is C20H22N2O5S. The normalized spacial score (nSPS) is 16.2. The first-order valence-corrected chi connectivity index (χ1v) is 9.73. The smallest absolute Gasteiger partial charge is 0.339 e. The molecule has 0 unspecified atom stereocenters. The number of nitrogens with zero attached hydrogens (tertiary/aromatic N) is 1. The fraction of sp³-hybridized carbons (Fsp3) is 0.350. The van der Waals surface area contributed by atoms with Crippen molar-refractivity contribution in [2.45, 2.75) is 19.4 Å². The molecule has 0 radical (unpaired) electrons. The summed E-state index contributed by atoms with van der Waals surface area (Å²) in [4.78, 5) is 39.9. The number of hydrogen-bond donors (Lipinski definition) is 1. The quantitative estimate of drug-likeness (QED) is 0.774. The molecule has 1 amide bonds. The topological polar surface area (TPSA) is 84.9 Å². The number of methoxy groups -OCH3 is 2. The Morgan fingerprint density at radius 1 is 1.18 bits per heavy atom. The predicted octanol–water partition coefficient (Wildman–Crippen LogP) is 2.88. The lowest BCUT2D eigenvalue weighted by atomic mass is 10.0. The SMILES string of the molecule is COC(=O)c1ccc(C(=O)OC)c(NC(=O)CN2CCc3sccc3[C@H]2C)c1. The Kier molecular flexibility index (Phi) is 6.11. The van der Waals surface area contributed by atoms with Crippen LogP contribution >= 0.6 is 11.3 Å². The van der Waals surface area contributed by atoms with Gasteiger partial charge in [0.25, 0.3) is 0 Å². The maximum atomic E-state index is 12.7. The molecule has 0 bridgehead atoms. The van der Waals surface area contributed by atoms with Crippen LogP contribution in [0.3, 0.4) is 0 Å². The maximum Gasteiger partial charge on any atom is 0.339 e. The summed E-state index contributed by atoms with van der Waals surface area (Å²) in [5.74, 6) is -1.42. The summed E-state index contributed by atoms with van der Waals surface area (Å²) in [6, 6.07) is 6.56. The number of rotatable bonds is 5. The minimum atomic E-state index is -0.596. The number of thiophene rings is 1. The molecule has 0 saturated heterocycles. The van der Waals surface area contributed by atoms with Gasteiger partial charge in [-0.25, -0.2) is 9.59 Å². The van der Waals surface area contributed by atoms with Crippen molar-refractivity contribution in [3.63, 3.8) is 0 Å². The fourth-order valence-electron chi connectivity index (χ4n) is 3.33. The van der Waals surface area contributed by atoms with Crippen molar-refractivity contribution in [1.29, 1.82) is 0 Å². The molecule has 1 aromatic heterocycles. The third kappa shape index (κ3) is 4.07. The molecule has 0 aliphatic carbocycles. The number of fused-ring (bicyclic) bond motifs is 1. The summed E-state index contributed by atoms with van der Waals surface area (Å²) in [6.45, 7) is 3.05. The molecule has 0 fully saturated rings. The summed E-state index contributed by atoms with van der Waals surface area (Å²) >= 11 is 1.74. The highest BCUT2D eigenvalue weighted by Crippen LogP contribution is 2.32. The van der Waals surface area contributed by atoms with E-state index < -0.39 is 11.9 Å². The lowest BCUT2D eigenvalue weighted by Gasteiger charge is -2.33. The molecule has 7 nitrogen and oxygen atoms in total. The summed E-state index contributed by atoms with van der Waals surface area (Å²) < 4.78 is 9.48. The van der Waals surface area contributed by atoms with E-state index in [1.807, 2.05) is 0 Å². The van der Waals surface area contributed by atoms with Crippen molar-refractivity contribution in [2.24, 2.45) is 0 Å². The highest BCUT2D eigenvalue weighted by molar-refractivity contribution is 7.10. The monoisotopic (exact) mass is 402 g/mol. The molecule has 2 aromatic rings. The van der Waals surface area contributed by atoms with Gasteiger partial charge in [0, 0.05) is 17.5 Å². The van der Waals surface area contributed by atoms with Crippen LogP contribution in [0.2, 0.25) is 0 Å². The molecule has 1 aromatic carbocycles. The van der Waals surface area contributed by atoms with Crippen molar-refractivity contribution in [1.82, 2.24) is 4.90 Å². The molecular weight excluding hydrogens is 380 g/mol. The minimum Gasteiger partial charge on any atom is -0.465 e. The average Bonchev–Trinajstić information content (AvgIpc) is 3.18. The van der Waals surface area contributed by atoms with Crippen molar-refractivity contribution in [3.05, 3.63) is 51.2 Å². The van der Waals surface area contributed by atoms with E-state index in [1.54, 1.807) is 11.3 Å². The minimum absolute atomic E-state index is 0.141. The first-order valence-electron chi connectivity index (χ1n) is 8.85. The predicted molar refractivity (Wildman–Crippen MR) is 106 cm³/mol. The zero-order valence-corrected chi connectivity index (χ0v) is 16.8. The second kappa shape index (κ2) is 8.53. The second-order valence-corrected chi connectivity index (χ2v) is 7.49. The number of ether oxygens (including phenoxy) is 2. The van der Waals surface area contributed by atoms with Crippen molar-refractivity contribution < 1.29 is 23.9 Å². The van der Waals surface area contributed by atoms with Gasteiger partial charge in [0.05, 0.1) is 37.6 Å². The van der Waals surface area contributed by atoms with Gasteiger partial charge in [-0.15, -0.1) is 11.3 Å². The Morgan fingerprint density at radius 3 is 2.64 bits per heavy atom. The Bertz CT molecular complexity index is 908. The Balaban J connectivity index is 1.77. The first kappa shape index (κ1) is 20.0. The summed E-state index contributed by atoms with van der Waals surface area (Å²) in [5, 5.41) is 4.82. The van der Waals surface area contributed by atoms with Crippen LogP contribution in [0.15, 0.2) is 29.6 Å². The van der Waals surface area contributed by atoms with Gasteiger partial charge < -0.3 is 14.8 Å². The van der Waals surface area contributed by atoms with Crippen LogP contribution in [-0.2, 0) is 20.7 Å². The average molecular weight is 402 g/mol. The van der Waals surface area contributed by atoms with Crippen LogP contribution in [-0.4, -0.2) is 50.1 Å². The van der Waals surface area contributed by atoms with Crippen LogP contribution in [0.4, 0.5) is 5.69 Å². The summed E-state index contributed by atoms with van der Waals surface area (Å²) in [5.41, 5.74) is 1.89.